The second-order valence-electron chi connectivity index (χ2n) is 5.13. The molecule has 21 heavy (non-hydrogen) atoms. The number of rotatable bonds is 7. The molecule has 0 aromatic heterocycles. The van der Waals surface area contributed by atoms with Gasteiger partial charge in [-0.2, -0.15) is 8.42 Å². The summed E-state index contributed by atoms with van der Waals surface area (Å²) in [6.45, 7) is 2.76. The van der Waals surface area contributed by atoms with Crippen LogP contribution in [0.2, 0.25) is 0 Å². The third-order valence-electron chi connectivity index (χ3n) is 3.74. The first-order valence-corrected chi connectivity index (χ1v) is 9.83. The number of sulfonamides is 1. The van der Waals surface area contributed by atoms with Gasteiger partial charge in [-0.1, -0.05) is 13.8 Å². The van der Waals surface area contributed by atoms with E-state index in [0.29, 0.717) is 12.8 Å². The largest absolute Gasteiger partial charge is 0.285 e. The van der Waals surface area contributed by atoms with E-state index in [1.807, 2.05) is 0 Å². The normalized spacial score (nSPS) is 21.4. The molecule has 0 saturated carbocycles. The average Bonchev–Trinajstić information content (AvgIpc) is 2.80. The van der Waals surface area contributed by atoms with Crippen LogP contribution in [-0.4, -0.2) is 55.2 Å². The molecule has 1 rings (SSSR count). The average molecular weight is 349 g/mol. The summed E-state index contributed by atoms with van der Waals surface area (Å²) < 4.78 is 85.8. The van der Waals surface area contributed by atoms with Crippen molar-refractivity contribution in [1.29, 1.82) is 0 Å². The SMILES string of the molecule is CCC(C(F)(F)C(CC)S(=O)(=O)N1CCCC1)S(=O)(=O)O. The molecule has 10 heteroatoms. The molecule has 1 heterocycles. The summed E-state index contributed by atoms with van der Waals surface area (Å²) in [7, 11) is -9.36. The lowest BCUT2D eigenvalue weighted by molar-refractivity contribution is -0.0126. The molecule has 0 spiro atoms. The molecule has 0 aromatic carbocycles. The summed E-state index contributed by atoms with van der Waals surface area (Å²) in [5.41, 5.74) is 0. The summed E-state index contributed by atoms with van der Waals surface area (Å²) in [6.07, 6.45) is 0.184. The number of hydrogen-bond donors (Lipinski definition) is 1. The van der Waals surface area contributed by atoms with E-state index in [1.54, 1.807) is 0 Å². The molecule has 0 amide bonds. The first-order valence-electron chi connectivity index (χ1n) is 6.82. The van der Waals surface area contributed by atoms with Crippen molar-refractivity contribution in [1.82, 2.24) is 4.31 Å². The minimum Gasteiger partial charge on any atom is -0.285 e. The molecule has 2 atom stereocenters. The topological polar surface area (TPSA) is 91.8 Å². The van der Waals surface area contributed by atoms with Gasteiger partial charge in [0.25, 0.3) is 16.0 Å². The van der Waals surface area contributed by atoms with E-state index in [-0.39, 0.29) is 13.1 Å². The van der Waals surface area contributed by atoms with Crippen molar-refractivity contribution in [2.45, 2.75) is 56.0 Å². The Labute approximate surface area is 124 Å². The Morgan fingerprint density at radius 2 is 1.48 bits per heavy atom. The van der Waals surface area contributed by atoms with Crippen LogP contribution in [0.25, 0.3) is 0 Å². The summed E-state index contributed by atoms with van der Waals surface area (Å²) >= 11 is 0. The van der Waals surface area contributed by atoms with Gasteiger partial charge >= 0.3 is 0 Å². The fraction of sp³-hybridized carbons (Fsp3) is 1.00. The lowest BCUT2D eigenvalue weighted by Gasteiger charge is -2.32. The number of halogens is 2. The molecule has 1 aliphatic rings. The fourth-order valence-corrected chi connectivity index (χ4v) is 5.87. The second kappa shape index (κ2) is 6.43. The van der Waals surface area contributed by atoms with Gasteiger partial charge in [-0.05, 0) is 25.7 Å². The minimum absolute atomic E-state index is 0.164. The van der Waals surface area contributed by atoms with E-state index in [2.05, 4.69) is 0 Å². The number of nitrogens with zero attached hydrogens (tertiary/aromatic N) is 1. The third kappa shape index (κ3) is 3.72. The van der Waals surface area contributed by atoms with Crippen molar-refractivity contribution in [3.8, 4) is 0 Å². The quantitative estimate of drug-likeness (QED) is 0.703. The van der Waals surface area contributed by atoms with Crippen LogP contribution in [0, 0.1) is 0 Å². The summed E-state index contributed by atoms with van der Waals surface area (Å²) in [4.78, 5) is 0. The van der Waals surface area contributed by atoms with Crippen LogP contribution in [0.5, 0.6) is 0 Å². The predicted molar refractivity (Wildman–Crippen MR) is 74.4 cm³/mol. The van der Waals surface area contributed by atoms with E-state index in [9.17, 15) is 25.6 Å². The van der Waals surface area contributed by atoms with Crippen LogP contribution in [0.4, 0.5) is 8.78 Å². The van der Waals surface area contributed by atoms with Crippen molar-refractivity contribution < 1.29 is 30.2 Å². The molecule has 2 unspecified atom stereocenters. The zero-order chi connectivity index (χ0) is 16.5. The predicted octanol–water partition coefficient (Wildman–Crippen LogP) is 1.49. The van der Waals surface area contributed by atoms with Crippen molar-refractivity contribution >= 4 is 20.1 Å². The maximum atomic E-state index is 14.5. The van der Waals surface area contributed by atoms with Gasteiger partial charge < -0.3 is 0 Å². The maximum absolute atomic E-state index is 14.5. The van der Waals surface area contributed by atoms with Gasteiger partial charge in [0.1, 0.15) is 5.25 Å². The molecule has 0 bridgehead atoms. The smallest absolute Gasteiger partial charge is 0.284 e. The van der Waals surface area contributed by atoms with E-state index < -0.39 is 49.4 Å². The van der Waals surface area contributed by atoms with Crippen molar-refractivity contribution in [2.24, 2.45) is 0 Å². The van der Waals surface area contributed by atoms with E-state index in [0.717, 1.165) is 4.31 Å². The van der Waals surface area contributed by atoms with Gasteiger partial charge in [-0.25, -0.2) is 21.5 Å². The number of hydrogen-bond acceptors (Lipinski definition) is 4. The monoisotopic (exact) mass is 349 g/mol. The first-order chi connectivity index (χ1) is 9.49. The van der Waals surface area contributed by atoms with Crippen LogP contribution in [0.15, 0.2) is 0 Å². The molecule has 0 aromatic rings. The minimum atomic E-state index is -5.04. The summed E-state index contributed by atoms with van der Waals surface area (Å²) in [5, 5.41) is -4.58. The van der Waals surface area contributed by atoms with E-state index in [1.165, 1.54) is 13.8 Å². The van der Waals surface area contributed by atoms with Crippen LogP contribution < -0.4 is 0 Å². The summed E-state index contributed by atoms with van der Waals surface area (Å²) in [5.74, 6) is -4.06. The van der Waals surface area contributed by atoms with Gasteiger partial charge in [0.2, 0.25) is 10.0 Å². The van der Waals surface area contributed by atoms with Gasteiger partial charge in [-0.15, -0.1) is 0 Å². The molecule has 1 aliphatic heterocycles. The Bertz CT molecular complexity index is 555. The fourth-order valence-electron chi connectivity index (χ4n) is 2.69. The zero-order valence-electron chi connectivity index (χ0n) is 12.0. The molecular weight excluding hydrogens is 328 g/mol. The highest BCUT2D eigenvalue weighted by Gasteiger charge is 2.57. The Morgan fingerprint density at radius 3 is 1.81 bits per heavy atom. The lowest BCUT2D eigenvalue weighted by atomic mass is 10.1. The number of alkyl halides is 2. The van der Waals surface area contributed by atoms with Crippen molar-refractivity contribution in [3.63, 3.8) is 0 Å². The molecule has 1 fully saturated rings. The molecule has 126 valence electrons. The van der Waals surface area contributed by atoms with Gasteiger partial charge in [0.05, 0.1) is 0 Å². The van der Waals surface area contributed by atoms with Crippen LogP contribution in [0.1, 0.15) is 39.5 Å². The van der Waals surface area contributed by atoms with E-state index in [4.69, 9.17) is 4.55 Å². The Morgan fingerprint density at radius 1 is 1.05 bits per heavy atom. The summed E-state index contributed by atoms with van der Waals surface area (Å²) in [6, 6.07) is 0. The molecule has 6 nitrogen and oxygen atoms in total. The van der Waals surface area contributed by atoms with E-state index >= 15 is 0 Å². The van der Waals surface area contributed by atoms with Crippen LogP contribution >= 0.6 is 0 Å². The van der Waals surface area contributed by atoms with Crippen molar-refractivity contribution in [2.75, 3.05) is 13.1 Å². The third-order valence-corrected chi connectivity index (χ3v) is 7.56. The Balaban J connectivity index is 3.23. The molecule has 1 saturated heterocycles. The molecular formula is C11H21F2NO5S2. The first kappa shape index (κ1) is 18.7. The molecule has 0 aliphatic carbocycles. The Kier molecular flexibility index (Phi) is 5.73. The second-order valence-corrected chi connectivity index (χ2v) is 8.85. The highest BCUT2D eigenvalue weighted by Crippen LogP contribution is 2.37. The van der Waals surface area contributed by atoms with Gasteiger partial charge in [0.15, 0.2) is 5.25 Å². The van der Waals surface area contributed by atoms with Crippen molar-refractivity contribution in [3.05, 3.63) is 0 Å². The zero-order valence-corrected chi connectivity index (χ0v) is 13.6. The highest BCUT2D eigenvalue weighted by atomic mass is 32.2. The molecule has 1 N–H and O–H groups in total. The van der Waals surface area contributed by atoms with Crippen LogP contribution in [-0.2, 0) is 20.1 Å². The van der Waals surface area contributed by atoms with Crippen LogP contribution in [0.3, 0.4) is 0 Å². The van der Waals surface area contributed by atoms with Gasteiger partial charge in [0, 0.05) is 13.1 Å². The lowest BCUT2D eigenvalue weighted by Crippen LogP contribution is -2.54. The standard InChI is InChI=1S/C11H21F2NO5S2/c1-3-9(20(15,16)14-7-5-6-8-14)11(12,13)10(4-2)21(17,18)19/h9-10H,3-8H2,1-2H3,(H,17,18,19). The maximum Gasteiger partial charge on any atom is 0.284 e. The highest BCUT2D eigenvalue weighted by molar-refractivity contribution is 7.90. The molecule has 0 radical (unpaired) electrons. The Hall–Kier alpha value is -0.320. The van der Waals surface area contributed by atoms with Gasteiger partial charge in [-0.3, -0.25) is 4.55 Å².